The smallest absolute Gasteiger partial charge is 0.393 e. The number of hydrogen-bond acceptors (Lipinski definition) is 3. The minimum atomic E-state index is -4.38. The van der Waals surface area contributed by atoms with Crippen molar-refractivity contribution in [3.05, 3.63) is 29.8 Å². The number of aliphatic hydroxyl groups excluding tert-OH is 1. The molecule has 3 nitrogen and oxygen atoms in total. The number of aliphatic hydroxyl groups is 1. The van der Waals surface area contributed by atoms with Gasteiger partial charge in [0.2, 0.25) is 5.91 Å². The lowest BCUT2D eigenvalue weighted by molar-refractivity contribution is -0.137. The summed E-state index contributed by atoms with van der Waals surface area (Å²) in [6.45, 7) is 2.05. The predicted octanol–water partition coefficient (Wildman–Crippen LogP) is 3.03. The number of thioether (sulfide) groups is 1. The van der Waals surface area contributed by atoms with Gasteiger partial charge in [-0.3, -0.25) is 4.79 Å². The van der Waals surface area contributed by atoms with E-state index in [-0.39, 0.29) is 11.7 Å². The molecule has 1 atom stereocenters. The van der Waals surface area contributed by atoms with Gasteiger partial charge in [-0.05, 0) is 31.5 Å². The van der Waals surface area contributed by atoms with Gasteiger partial charge in [0.15, 0.2) is 0 Å². The number of hydrogen-bond donors (Lipinski definition) is 1. The molecule has 0 spiro atoms. The van der Waals surface area contributed by atoms with E-state index in [1.54, 1.807) is 20.0 Å². The Morgan fingerprint density at radius 3 is 2.67 bits per heavy atom. The Morgan fingerprint density at radius 1 is 1.43 bits per heavy atom. The van der Waals surface area contributed by atoms with Crippen LogP contribution in [0.25, 0.3) is 0 Å². The molecule has 0 radical (unpaired) electrons. The second-order valence-electron chi connectivity index (χ2n) is 4.77. The number of rotatable bonds is 6. The van der Waals surface area contributed by atoms with Crippen molar-refractivity contribution in [3.63, 3.8) is 0 Å². The van der Waals surface area contributed by atoms with E-state index >= 15 is 0 Å². The molecule has 1 rings (SSSR count). The molecule has 118 valence electrons. The van der Waals surface area contributed by atoms with E-state index in [9.17, 15) is 18.0 Å². The van der Waals surface area contributed by atoms with Crippen molar-refractivity contribution in [1.82, 2.24) is 4.90 Å². The zero-order valence-corrected chi connectivity index (χ0v) is 12.7. The first-order chi connectivity index (χ1) is 9.70. The number of alkyl halides is 3. The molecule has 0 heterocycles. The number of amides is 1. The minimum absolute atomic E-state index is 0.0671. The van der Waals surface area contributed by atoms with Gasteiger partial charge in [-0.1, -0.05) is 6.07 Å². The predicted molar refractivity (Wildman–Crippen MR) is 76.1 cm³/mol. The maximum Gasteiger partial charge on any atom is 0.416 e. The highest BCUT2D eigenvalue weighted by atomic mass is 32.2. The van der Waals surface area contributed by atoms with Crippen LogP contribution < -0.4 is 0 Å². The molecular formula is C14H18F3NO2S. The lowest BCUT2D eigenvalue weighted by atomic mass is 10.2. The van der Waals surface area contributed by atoms with Gasteiger partial charge in [-0.2, -0.15) is 13.2 Å². The van der Waals surface area contributed by atoms with E-state index in [2.05, 4.69) is 0 Å². The fourth-order valence-electron chi connectivity index (χ4n) is 1.52. The van der Waals surface area contributed by atoms with E-state index in [1.165, 1.54) is 11.0 Å². The summed E-state index contributed by atoms with van der Waals surface area (Å²) in [5.74, 6) is -0.115. The van der Waals surface area contributed by atoms with Crippen LogP contribution >= 0.6 is 11.8 Å². The highest BCUT2D eigenvalue weighted by molar-refractivity contribution is 8.00. The summed E-state index contributed by atoms with van der Waals surface area (Å²) in [7, 11) is 1.61. The van der Waals surface area contributed by atoms with Crippen LogP contribution in [0, 0.1) is 0 Å². The molecule has 1 unspecified atom stereocenters. The summed E-state index contributed by atoms with van der Waals surface area (Å²) < 4.78 is 37.7. The normalized spacial score (nSPS) is 13.0. The van der Waals surface area contributed by atoms with Crippen LogP contribution in [0.2, 0.25) is 0 Å². The lowest BCUT2D eigenvalue weighted by Gasteiger charge is -2.17. The molecule has 0 bridgehead atoms. The largest absolute Gasteiger partial charge is 0.416 e. The number of carbonyl (C=O) groups is 1. The highest BCUT2D eigenvalue weighted by Crippen LogP contribution is 2.31. The van der Waals surface area contributed by atoms with Crippen LogP contribution in [-0.2, 0) is 11.0 Å². The zero-order valence-electron chi connectivity index (χ0n) is 11.9. The van der Waals surface area contributed by atoms with Gasteiger partial charge < -0.3 is 10.0 Å². The van der Waals surface area contributed by atoms with E-state index in [0.29, 0.717) is 17.9 Å². The Labute approximate surface area is 126 Å². The van der Waals surface area contributed by atoms with Crippen molar-refractivity contribution in [3.8, 4) is 0 Å². The fraction of sp³-hybridized carbons (Fsp3) is 0.500. The summed E-state index contributed by atoms with van der Waals surface area (Å²) in [6.07, 6.45) is -4.40. The van der Waals surface area contributed by atoms with Crippen molar-refractivity contribution < 1.29 is 23.1 Å². The first-order valence-corrected chi connectivity index (χ1v) is 7.41. The molecule has 1 aromatic carbocycles. The Bertz CT molecular complexity index is 478. The summed E-state index contributed by atoms with van der Waals surface area (Å²) in [4.78, 5) is 13.7. The first-order valence-electron chi connectivity index (χ1n) is 6.42. The van der Waals surface area contributed by atoms with Gasteiger partial charge in [0.05, 0.1) is 17.4 Å². The molecule has 21 heavy (non-hydrogen) atoms. The minimum Gasteiger partial charge on any atom is -0.393 e. The van der Waals surface area contributed by atoms with Crippen LogP contribution in [0.15, 0.2) is 29.2 Å². The number of halogens is 3. The van der Waals surface area contributed by atoms with Crippen LogP contribution in [-0.4, -0.2) is 41.4 Å². The second kappa shape index (κ2) is 7.70. The quantitative estimate of drug-likeness (QED) is 0.819. The SMILES string of the molecule is CC(O)CCN(C)C(=O)CSc1cccc(C(F)(F)F)c1. The molecule has 7 heteroatoms. The standard InChI is InChI=1S/C14H18F3NO2S/c1-10(19)6-7-18(2)13(20)9-21-12-5-3-4-11(8-12)14(15,16)17/h3-5,8,10,19H,6-7,9H2,1-2H3. The maximum atomic E-state index is 12.6. The van der Waals surface area contributed by atoms with Gasteiger partial charge in [0.1, 0.15) is 0 Å². The molecule has 0 saturated carbocycles. The summed E-state index contributed by atoms with van der Waals surface area (Å²) >= 11 is 1.07. The Morgan fingerprint density at radius 2 is 2.10 bits per heavy atom. The number of benzene rings is 1. The van der Waals surface area contributed by atoms with Crippen molar-refractivity contribution >= 4 is 17.7 Å². The average molecular weight is 321 g/mol. The average Bonchev–Trinajstić information content (AvgIpc) is 2.41. The molecular weight excluding hydrogens is 303 g/mol. The van der Waals surface area contributed by atoms with Crippen molar-refractivity contribution in [2.45, 2.75) is 30.5 Å². The van der Waals surface area contributed by atoms with Crippen LogP contribution in [0.5, 0.6) is 0 Å². The Hall–Kier alpha value is -1.21. The van der Waals surface area contributed by atoms with Crippen molar-refractivity contribution in [2.75, 3.05) is 19.3 Å². The van der Waals surface area contributed by atoms with Crippen LogP contribution in [0.1, 0.15) is 18.9 Å². The van der Waals surface area contributed by atoms with Crippen LogP contribution in [0.3, 0.4) is 0 Å². The van der Waals surface area contributed by atoms with Gasteiger partial charge in [-0.25, -0.2) is 0 Å². The van der Waals surface area contributed by atoms with Gasteiger partial charge in [-0.15, -0.1) is 11.8 Å². The van der Waals surface area contributed by atoms with Crippen molar-refractivity contribution in [2.24, 2.45) is 0 Å². The van der Waals surface area contributed by atoms with Gasteiger partial charge >= 0.3 is 6.18 Å². The zero-order chi connectivity index (χ0) is 16.0. The molecule has 0 aliphatic rings. The molecule has 1 aromatic rings. The molecule has 0 fully saturated rings. The third-order valence-electron chi connectivity index (χ3n) is 2.83. The van der Waals surface area contributed by atoms with E-state index in [1.807, 2.05) is 0 Å². The first kappa shape index (κ1) is 17.8. The van der Waals surface area contributed by atoms with E-state index < -0.39 is 17.8 Å². The monoisotopic (exact) mass is 321 g/mol. The van der Waals surface area contributed by atoms with Gasteiger partial charge in [0.25, 0.3) is 0 Å². The summed E-state index contributed by atoms with van der Waals surface area (Å²) in [6, 6.07) is 4.91. The Balaban J connectivity index is 2.53. The molecule has 0 aliphatic heterocycles. The van der Waals surface area contributed by atoms with Gasteiger partial charge in [0, 0.05) is 18.5 Å². The maximum absolute atomic E-state index is 12.6. The molecule has 1 amide bonds. The summed E-state index contributed by atoms with van der Waals surface area (Å²) in [5.41, 5.74) is -0.720. The Kier molecular flexibility index (Phi) is 6.54. The van der Waals surface area contributed by atoms with E-state index in [4.69, 9.17) is 5.11 Å². The lowest BCUT2D eigenvalue weighted by Crippen LogP contribution is -2.30. The van der Waals surface area contributed by atoms with Crippen LogP contribution in [0.4, 0.5) is 13.2 Å². The second-order valence-corrected chi connectivity index (χ2v) is 5.82. The third kappa shape index (κ3) is 6.39. The van der Waals surface area contributed by atoms with E-state index in [0.717, 1.165) is 23.9 Å². The van der Waals surface area contributed by atoms with Crippen molar-refractivity contribution in [1.29, 1.82) is 0 Å². The summed E-state index contributed by atoms with van der Waals surface area (Å²) in [5, 5.41) is 9.15. The number of carbonyl (C=O) groups excluding carboxylic acids is 1. The molecule has 0 aromatic heterocycles. The highest BCUT2D eigenvalue weighted by Gasteiger charge is 2.30. The molecule has 1 N–H and O–H groups in total. The third-order valence-corrected chi connectivity index (χ3v) is 3.81. The molecule has 0 saturated heterocycles. The molecule has 0 aliphatic carbocycles. The number of nitrogens with zero attached hydrogens (tertiary/aromatic N) is 1. The fourth-order valence-corrected chi connectivity index (χ4v) is 2.42. The topological polar surface area (TPSA) is 40.5 Å².